The standard InChI is InChI=1S/C22H22N2O4/c1-2-14-7-3-5-9-18(14)23-12-15(11-20(23)25)21(26)24-13-17(22(27)28)16-8-4-6-10-19(16)24/h3-10,15,17H,2,11-13H2,1H3,(H,27,28). The van der Waals surface area contributed by atoms with Crippen LogP contribution < -0.4 is 9.80 Å². The van der Waals surface area contributed by atoms with Crippen LogP contribution in [0.15, 0.2) is 48.5 Å². The van der Waals surface area contributed by atoms with Crippen LogP contribution in [-0.4, -0.2) is 36.0 Å². The first kappa shape index (κ1) is 18.2. The van der Waals surface area contributed by atoms with Gasteiger partial charge in [-0.15, -0.1) is 0 Å². The number of aryl methyl sites for hydroxylation is 1. The number of rotatable bonds is 4. The molecule has 2 aliphatic rings. The van der Waals surface area contributed by atoms with Gasteiger partial charge in [-0.1, -0.05) is 43.3 Å². The van der Waals surface area contributed by atoms with E-state index >= 15 is 0 Å². The fourth-order valence-corrected chi connectivity index (χ4v) is 4.23. The van der Waals surface area contributed by atoms with Gasteiger partial charge in [-0.25, -0.2) is 0 Å². The number of carbonyl (C=O) groups excluding carboxylic acids is 2. The van der Waals surface area contributed by atoms with Gasteiger partial charge in [0.15, 0.2) is 0 Å². The molecule has 6 heteroatoms. The molecule has 1 saturated heterocycles. The second-order valence-electron chi connectivity index (χ2n) is 7.29. The Labute approximate surface area is 163 Å². The third kappa shape index (κ3) is 2.95. The fourth-order valence-electron chi connectivity index (χ4n) is 4.23. The van der Waals surface area contributed by atoms with E-state index in [1.807, 2.05) is 31.2 Å². The molecule has 2 heterocycles. The number of para-hydroxylation sites is 2. The van der Waals surface area contributed by atoms with E-state index in [0.717, 1.165) is 17.7 Å². The molecule has 2 atom stereocenters. The molecule has 0 bridgehead atoms. The molecule has 0 aliphatic carbocycles. The molecule has 28 heavy (non-hydrogen) atoms. The van der Waals surface area contributed by atoms with Gasteiger partial charge in [0.05, 0.1) is 5.92 Å². The van der Waals surface area contributed by atoms with Gasteiger partial charge in [0, 0.05) is 30.9 Å². The molecule has 0 radical (unpaired) electrons. The Morgan fingerprint density at radius 2 is 1.71 bits per heavy atom. The first-order valence-electron chi connectivity index (χ1n) is 9.52. The lowest BCUT2D eigenvalue weighted by Crippen LogP contribution is -2.37. The largest absolute Gasteiger partial charge is 0.481 e. The van der Waals surface area contributed by atoms with Gasteiger partial charge in [0.2, 0.25) is 11.8 Å². The number of fused-ring (bicyclic) bond motifs is 1. The molecule has 2 unspecified atom stereocenters. The highest BCUT2D eigenvalue weighted by atomic mass is 16.4. The van der Waals surface area contributed by atoms with E-state index in [4.69, 9.17) is 0 Å². The van der Waals surface area contributed by atoms with E-state index in [9.17, 15) is 19.5 Å². The van der Waals surface area contributed by atoms with E-state index in [2.05, 4.69) is 0 Å². The normalized spacial score (nSPS) is 21.1. The Morgan fingerprint density at radius 3 is 2.43 bits per heavy atom. The molecule has 4 rings (SSSR count). The summed E-state index contributed by atoms with van der Waals surface area (Å²) in [5.41, 5.74) is 3.22. The Hall–Kier alpha value is -3.15. The van der Waals surface area contributed by atoms with Crippen LogP contribution in [0.1, 0.15) is 30.4 Å². The second-order valence-corrected chi connectivity index (χ2v) is 7.29. The van der Waals surface area contributed by atoms with Crippen molar-refractivity contribution in [2.75, 3.05) is 22.9 Å². The zero-order valence-corrected chi connectivity index (χ0v) is 15.7. The summed E-state index contributed by atoms with van der Waals surface area (Å²) in [6, 6.07) is 14.9. The minimum Gasteiger partial charge on any atom is -0.481 e. The first-order chi connectivity index (χ1) is 13.5. The lowest BCUT2D eigenvalue weighted by molar-refractivity contribution is -0.138. The molecular weight excluding hydrogens is 356 g/mol. The van der Waals surface area contributed by atoms with Crippen molar-refractivity contribution in [2.24, 2.45) is 5.92 Å². The second kappa shape index (κ2) is 7.11. The molecule has 6 nitrogen and oxygen atoms in total. The van der Waals surface area contributed by atoms with Crippen LogP contribution in [0.3, 0.4) is 0 Å². The predicted molar refractivity (Wildman–Crippen MR) is 105 cm³/mol. The van der Waals surface area contributed by atoms with Crippen LogP contribution in [0.4, 0.5) is 11.4 Å². The SMILES string of the molecule is CCc1ccccc1N1CC(C(=O)N2CC(C(=O)O)c3ccccc32)CC1=O. The Kier molecular flexibility index (Phi) is 4.63. The van der Waals surface area contributed by atoms with Gasteiger partial charge in [0.25, 0.3) is 0 Å². The van der Waals surface area contributed by atoms with Crippen LogP contribution in [0.2, 0.25) is 0 Å². The maximum Gasteiger partial charge on any atom is 0.312 e. The minimum absolute atomic E-state index is 0.0680. The average molecular weight is 378 g/mol. The van der Waals surface area contributed by atoms with E-state index in [1.165, 1.54) is 0 Å². The van der Waals surface area contributed by atoms with Crippen molar-refractivity contribution in [3.05, 3.63) is 59.7 Å². The Balaban J connectivity index is 1.59. The maximum atomic E-state index is 13.2. The quantitative estimate of drug-likeness (QED) is 0.887. The molecule has 2 aliphatic heterocycles. The number of carboxylic acids is 1. The summed E-state index contributed by atoms with van der Waals surface area (Å²) in [6.45, 7) is 2.48. The average Bonchev–Trinajstić information content (AvgIpc) is 3.28. The van der Waals surface area contributed by atoms with Crippen LogP contribution in [0.25, 0.3) is 0 Å². The van der Waals surface area contributed by atoms with Crippen molar-refractivity contribution in [2.45, 2.75) is 25.7 Å². The van der Waals surface area contributed by atoms with Crippen molar-refractivity contribution < 1.29 is 19.5 Å². The molecule has 2 aromatic rings. The van der Waals surface area contributed by atoms with Gasteiger partial charge in [0.1, 0.15) is 5.92 Å². The van der Waals surface area contributed by atoms with Crippen LogP contribution in [0.5, 0.6) is 0 Å². The van der Waals surface area contributed by atoms with E-state index in [1.54, 1.807) is 34.1 Å². The monoisotopic (exact) mass is 378 g/mol. The number of nitrogens with zero attached hydrogens (tertiary/aromatic N) is 2. The topological polar surface area (TPSA) is 77.9 Å². The molecule has 2 amide bonds. The molecule has 2 aromatic carbocycles. The van der Waals surface area contributed by atoms with Crippen molar-refractivity contribution >= 4 is 29.2 Å². The summed E-state index contributed by atoms with van der Waals surface area (Å²) in [7, 11) is 0. The number of carboxylic acid groups (broad SMARTS) is 1. The smallest absolute Gasteiger partial charge is 0.312 e. The summed E-state index contributed by atoms with van der Waals surface area (Å²) >= 11 is 0. The summed E-state index contributed by atoms with van der Waals surface area (Å²) in [5.74, 6) is -2.39. The Morgan fingerprint density at radius 1 is 1.04 bits per heavy atom. The van der Waals surface area contributed by atoms with Crippen molar-refractivity contribution in [3.63, 3.8) is 0 Å². The molecule has 0 spiro atoms. The van der Waals surface area contributed by atoms with Crippen LogP contribution in [-0.2, 0) is 20.8 Å². The third-order valence-electron chi connectivity index (χ3n) is 5.67. The number of aliphatic carboxylic acids is 1. The van der Waals surface area contributed by atoms with Gasteiger partial charge < -0.3 is 14.9 Å². The third-order valence-corrected chi connectivity index (χ3v) is 5.67. The number of benzene rings is 2. The highest BCUT2D eigenvalue weighted by molar-refractivity contribution is 6.06. The summed E-state index contributed by atoms with van der Waals surface area (Å²) in [5, 5.41) is 9.52. The number of amides is 2. The highest BCUT2D eigenvalue weighted by Gasteiger charge is 2.42. The predicted octanol–water partition coefficient (Wildman–Crippen LogP) is 2.82. The van der Waals surface area contributed by atoms with Gasteiger partial charge in [-0.2, -0.15) is 0 Å². The maximum absolute atomic E-state index is 13.2. The zero-order chi connectivity index (χ0) is 19.8. The van der Waals surface area contributed by atoms with E-state index < -0.39 is 17.8 Å². The molecule has 0 saturated carbocycles. The molecule has 1 N–H and O–H groups in total. The highest BCUT2D eigenvalue weighted by Crippen LogP contribution is 2.38. The van der Waals surface area contributed by atoms with Gasteiger partial charge in [-0.3, -0.25) is 14.4 Å². The van der Waals surface area contributed by atoms with E-state index in [-0.39, 0.29) is 24.8 Å². The van der Waals surface area contributed by atoms with Crippen molar-refractivity contribution in [3.8, 4) is 0 Å². The zero-order valence-electron chi connectivity index (χ0n) is 15.7. The molecule has 0 aromatic heterocycles. The molecule has 1 fully saturated rings. The summed E-state index contributed by atoms with van der Waals surface area (Å²) in [4.78, 5) is 40.7. The van der Waals surface area contributed by atoms with Crippen LogP contribution in [0, 0.1) is 5.92 Å². The fraction of sp³-hybridized carbons (Fsp3) is 0.318. The van der Waals surface area contributed by atoms with Gasteiger partial charge >= 0.3 is 5.97 Å². The number of hydrogen-bond donors (Lipinski definition) is 1. The van der Waals surface area contributed by atoms with Crippen LogP contribution >= 0.6 is 0 Å². The van der Waals surface area contributed by atoms with E-state index in [0.29, 0.717) is 17.8 Å². The lowest BCUT2D eigenvalue weighted by Gasteiger charge is -2.23. The number of hydrogen-bond acceptors (Lipinski definition) is 3. The first-order valence-corrected chi connectivity index (χ1v) is 9.52. The van der Waals surface area contributed by atoms with Crippen molar-refractivity contribution in [1.29, 1.82) is 0 Å². The molecular formula is C22H22N2O4. The van der Waals surface area contributed by atoms with Crippen molar-refractivity contribution in [1.82, 2.24) is 0 Å². The minimum atomic E-state index is -0.941. The Bertz CT molecular complexity index is 955. The summed E-state index contributed by atoms with van der Waals surface area (Å²) in [6.07, 6.45) is 0.950. The number of anilines is 2. The lowest BCUT2D eigenvalue weighted by atomic mass is 10.0. The molecule has 144 valence electrons. The van der Waals surface area contributed by atoms with Gasteiger partial charge in [-0.05, 0) is 29.7 Å². The number of carbonyl (C=O) groups is 3. The summed E-state index contributed by atoms with van der Waals surface area (Å²) < 4.78 is 0.